The Bertz CT molecular complexity index is 681. The number of aromatic nitrogens is 1. The maximum Gasteiger partial charge on any atom is 0.255 e. The lowest BCUT2D eigenvalue weighted by Gasteiger charge is -2.27. The van der Waals surface area contributed by atoms with Crippen molar-refractivity contribution in [2.24, 2.45) is 0 Å². The zero-order chi connectivity index (χ0) is 14.3. The normalized spacial score (nSPS) is 14.2. The third-order valence-corrected chi connectivity index (χ3v) is 6.15. The van der Waals surface area contributed by atoms with Crippen LogP contribution in [0.4, 0.5) is 0 Å². The lowest BCUT2D eigenvalue weighted by atomic mass is 10.1. The number of carbonyl (C=O) groups is 1. The first-order chi connectivity index (χ1) is 9.58. The van der Waals surface area contributed by atoms with Crippen molar-refractivity contribution in [3.05, 3.63) is 54.6 Å². The zero-order valence-electron chi connectivity index (χ0n) is 10.4. The van der Waals surface area contributed by atoms with E-state index in [1.165, 1.54) is 5.69 Å². The Labute approximate surface area is 142 Å². The van der Waals surface area contributed by atoms with Crippen LogP contribution in [0.1, 0.15) is 21.6 Å². The highest BCUT2D eigenvalue weighted by molar-refractivity contribution is 9.13. The minimum Gasteiger partial charge on any atom is -0.352 e. The van der Waals surface area contributed by atoms with Gasteiger partial charge < -0.3 is 9.88 Å². The van der Waals surface area contributed by atoms with Crippen molar-refractivity contribution in [2.45, 2.75) is 13.0 Å². The first-order valence-corrected chi connectivity index (χ1v) is 8.54. The molecule has 1 aliphatic heterocycles. The largest absolute Gasteiger partial charge is 0.352 e. The number of aromatic amines is 1. The van der Waals surface area contributed by atoms with Crippen molar-refractivity contribution in [3.63, 3.8) is 0 Å². The third kappa shape index (κ3) is 2.49. The molecule has 6 heteroatoms. The second kappa shape index (κ2) is 5.66. The molecule has 2 heterocycles. The van der Waals surface area contributed by atoms with Crippen LogP contribution >= 0.6 is 47.8 Å². The van der Waals surface area contributed by atoms with E-state index in [0.29, 0.717) is 12.1 Å². The van der Waals surface area contributed by atoms with Crippen molar-refractivity contribution in [2.75, 3.05) is 6.54 Å². The maximum absolute atomic E-state index is 12.6. The van der Waals surface area contributed by atoms with Crippen LogP contribution in [0.15, 0.2) is 37.8 Å². The number of rotatable bonds is 1. The summed E-state index contributed by atoms with van der Waals surface area (Å²) in [6.45, 7) is 1.35. The van der Waals surface area contributed by atoms with E-state index in [1.807, 2.05) is 29.2 Å². The van der Waals surface area contributed by atoms with E-state index in [2.05, 4.69) is 52.8 Å². The number of nitrogens with zero attached hydrogens (tertiary/aromatic N) is 1. The predicted octanol–water partition coefficient (Wildman–Crippen LogP) is 4.50. The zero-order valence-corrected chi connectivity index (χ0v) is 15.2. The van der Waals surface area contributed by atoms with Crippen LogP contribution in [0.3, 0.4) is 0 Å². The van der Waals surface area contributed by atoms with Gasteiger partial charge >= 0.3 is 0 Å². The summed E-state index contributed by atoms with van der Waals surface area (Å²) in [7, 11) is 0. The number of carbonyl (C=O) groups excluding carboxylic acids is 1. The van der Waals surface area contributed by atoms with Crippen LogP contribution in [-0.4, -0.2) is 22.3 Å². The summed E-state index contributed by atoms with van der Waals surface area (Å²) >= 11 is 10.5. The van der Waals surface area contributed by atoms with Gasteiger partial charge in [-0.2, -0.15) is 0 Å². The van der Waals surface area contributed by atoms with E-state index in [0.717, 1.165) is 32.1 Å². The Morgan fingerprint density at radius 1 is 1.20 bits per heavy atom. The number of halogens is 3. The molecule has 1 N–H and O–H groups in total. The molecule has 1 amide bonds. The minimum atomic E-state index is 0.0624. The molecular formula is C14H11Br3N2O. The molecule has 2 aromatic rings. The summed E-state index contributed by atoms with van der Waals surface area (Å²) in [5.41, 5.74) is 3.06. The Kier molecular flexibility index (Phi) is 4.06. The molecule has 0 spiro atoms. The second-order valence-corrected chi connectivity index (χ2v) is 7.11. The summed E-state index contributed by atoms with van der Waals surface area (Å²) in [6.07, 6.45) is 0.843. The average Bonchev–Trinajstić information content (AvgIpc) is 2.74. The van der Waals surface area contributed by atoms with Crippen LogP contribution < -0.4 is 0 Å². The van der Waals surface area contributed by atoms with Crippen molar-refractivity contribution in [1.29, 1.82) is 0 Å². The molecule has 0 atom stereocenters. The smallest absolute Gasteiger partial charge is 0.255 e. The molecule has 3 rings (SSSR count). The second-order valence-electron chi connectivity index (χ2n) is 4.67. The molecule has 0 aliphatic carbocycles. The summed E-state index contributed by atoms with van der Waals surface area (Å²) < 4.78 is 2.79. The topological polar surface area (TPSA) is 36.1 Å². The van der Waals surface area contributed by atoms with Crippen molar-refractivity contribution >= 4 is 53.7 Å². The lowest BCUT2D eigenvalue weighted by molar-refractivity contribution is 0.0733. The van der Waals surface area contributed by atoms with Crippen LogP contribution in [0.25, 0.3) is 0 Å². The number of H-pyrrole nitrogens is 1. The molecule has 104 valence electrons. The molecule has 1 aliphatic rings. The van der Waals surface area contributed by atoms with Crippen molar-refractivity contribution in [1.82, 2.24) is 9.88 Å². The van der Waals surface area contributed by atoms with Gasteiger partial charge in [0, 0.05) is 35.2 Å². The number of hydrogen-bond acceptors (Lipinski definition) is 1. The fraction of sp³-hybridized carbons (Fsp3) is 0.214. The number of fused-ring (bicyclic) bond motifs is 1. The molecule has 1 aromatic heterocycles. The monoisotopic (exact) mass is 460 g/mol. The highest BCUT2D eigenvalue weighted by atomic mass is 79.9. The van der Waals surface area contributed by atoms with Crippen LogP contribution in [0.2, 0.25) is 0 Å². The van der Waals surface area contributed by atoms with Crippen LogP contribution in [0, 0.1) is 0 Å². The maximum atomic E-state index is 12.6. The SMILES string of the molecule is O=C(c1ccccc1Br)N1CCc2[nH]c(Br)c(Br)c2C1. The fourth-order valence-electron chi connectivity index (χ4n) is 2.40. The Morgan fingerprint density at radius 2 is 1.95 bits per heavy atom. The summed E-state index contributed by atoms with van der Waals surface area (Å²) in [6, 6.07) is 7.54. The van der Waals surface area contributed by atoms with E-state index in [9.17, 15) is 4.79 Å². The molecule has 1 aromatic carbocycles. The number of nitrogens with one attached hydrogen (secondary N) is 1. The van der Waals surface area contributed by atoms with Crippen LogP contribution in [-0.2, 0) is 13.0 Å². The summed E-state index contributed by atoms with van der Waals surface area (Å²) in [5, 5.41) is 0. The van der Waals surface area contributed by atoms with Gasteiger partial charge in [0.05, 0.1) is 14.6 Å². The van der Waals surface area contributed by atoms with E-state index >= 15 is 0 Å². The van der Waals surface area contributed by atoms with Crippen molar-refractivity contribution < 1.29 is 4.79 Å². The molecule has 0 radical (unpaired) electrons. The lowest BCUT2D eigenvalue weighted by Crippen LogP contribution is -2.36. The Hall–Kier alpha value is -0.590. The number of benzene rings is 1. The Balaban J connectivity index is 1.89. The van der Waals surface area contributed by atoms with E-state index in [4.69, 9.17) is 0 Å². The number of amides is 1. The molecule has 0 unspecified atom stereocenters. The highest BCUT2D eigenvalue weighted by Crippen LogP contribution is 2.33. The molecular weight excluding hydrogens is 452 g/mol. The molecule has 20 heavy (non-hydrogen) atoms. The van der Waals surface area contributed by atoms with E-state index in [1.54, 1.807) is 0 Å². The third-order valence-electron chi connectivity index (χ3n) is 3.45. The van der Waals surface area contributed by atoms with Gasteiger partial charge in [0.25, 0.3) is 5.91 Å². The quantitative estimate of drug-likeness (QED) is 0.665. The van der Waals surface area contributed by atoms with Gasteiger partial charge in [-0.3, -0.25) is 4.79 Å². The Morgan fingerprint density at radius 3 is 2.70 bits per heavy atom. The minimum absolute atomic E-state index is 0.0624. The van der Waals surface area contributed by atoms with Gasteiger partial charge in [-0.05, 0) is 59.9 Å². The summed E-state index contributed by atoms with van der Waals surface area (Å²) in [4.78, 5) is 17.8. The predicted molar refractivity (Wildman–Crippen MR) is 88.8 cm³/mol. The van der Waals surface area contributed by atoms with Gasteiger partial charge in [-0.25, -0.2) is 0 Å². The van der Waals surface area contributed by atoms with E-state index in [-0.39, 0.29) is 5.91 Å². The molecule has 0 bridgehead atoms. The van der Waals surface area contributed by atoms with Crippen molar-refractivity contribution in [3.8, 4) is 0 Å². The molecule has 0 saturated carbocycles. The van der Waals surface area contributed by atoms with Gasteiger partial charge in [0.1, 0.15) is 0 Å². The van der Waals surface area contributed by atoms with Crippen LogP contribution in [0.5, 0.6) is 0 Å². The van der Waals surface area contributed by atoms with Gasteiger partial charge in [0.15, 0.2) is 0 Å². The molecule has 3 nitrogen and oxygen atoms in total. The fourth-order valence-corrected chi connectivity index (χ4v) is 3.80. The number of hydrogen-bond donors (Lipinski definition) is 1. The first-order valence-electron chi connectivity index (χ1n) is 6.16. The highest BCUT2D eigenvalue weighted by Gasteiger charge is 2.26. The van der Waals surface area contributed by atoms with Gasteiger partial charge in [-0.1, -0.05) is 12.1 Å². The average molecular weight is 463 g/mol. The summed E-state index contributed by atoms with van der Waals surface area (Å²) in [5.74, 6) is 0.0624. The molecule has 0 saturated heterocycles. The molecule has 0 fully saturated rings. The van der Waals surface area contributed by atoms with E-state index < -0.39 is 0 Å². The van der Waals surface area contributed by atoms with Gasteiger partial charge in [0.2, 0.25) is 0 Å². The van der Waals surface area contributed by atoms with Gasteiger partial charge in [-0.15, -0.1) is 0 Å². The standard InChI is InChI=1S/C14H11Br3N2O/c15-10-4-2-1-3-8(10)14(20)19-6-5-11-9(7-19)12(16)13(17)18-11/h1-4,18H,5-7H2. The first kappa shape index (κ1) is 14.4.